The van der Waals surface area contributed by atoms with Crippen LogP contribution in [0.2, 0.25) is 0 Å². The Bertz CT molecular complexity index is 546. The molecule has 100 valence electrons. The Balaban J connectivity index is 2.05. The number of nitrogens with zero attached hydrogens (tertiary/aromatic N) is 2. The van der Waals surface area contributed by atoms with Crippen LogP contribution in [0.4, 0.5) is 0 Å². The van der Waals surface area contributed by atoms with Crippen molar-refractivity contribution < 1.29 is 14.2 Å². The Morgan fingerprint density at radius 1 is 1.11 bits per heavy atom. The minimum atomic E-state index is 0.363. The van der Waals surface area contributed by atoms with Crippen LogP contribution in [0.1, 0.15) is 5.56 Å². The van der Waals surface area contributed by atoms with Crippen molar-refractivity contribution >= 4 is 15.9 Å². The molecule has 0 amide bonds. The third kappa shape index (κ3) is 3.57. The van der Waals surface area contributed by atoms with E-state index in [9.17, 15) is 0 Å². The van der Waals surface area contributed by atoms with Gasteiger partial charge in [-0.15, -0.1) is 0 Å². The van der Waals surface area contributed by atoms with Crippen molar-refractivity contribution in [3.63, 3.8) is 0 Å². The molecule has 5 nitrogen and oxygen atoms in total. The van der Waals surface area contributed by atoms with Crippen LogP contribution in [-0.4, -0.2) is 24.2 Å². The lowest BCUT2D eigenvalue weighted by Gasteiger charge is -2.09. The molecule has 0 fully saturated rings. The third-order valence-corrected chi connectivity index (χ3v) is 2.82. The Morgan fingerprint density at radius 3 is 2.58 bits per heavy atom. The van der Waals surface area contributed by atoms with Gasteiger partial charge in [-0.25, -0.2) is 9.97 Å². The maximum atomic E-state index is 5.60. The monoisotopic (exact) mass is 324 g/mol. The highest BCUT2D eigenvalue weighted by atomic mass is 79.9. The van der Waals surface area contributed by atoms with E-state index in [1.165, 1.54) is 0 Å². The van der Waals surface area contributed by atoms with E-state index in [1.807, 2.05) is 6.07 Å². The van der Waals surface area contributed by atoms with Crippen LogP contribution >= 0.6 is 15.9 Å². The van der Waals surface area contributed by atoms with Crippen molar-refractivity contribution in [2.24, 2.45) is 0 Å². The van der Waals surface area contributed by atoms with Gasteiger partial charge in [0, 0.05) is 34.6 Å². The summed E-state index contributed by atoms with van der Waals surface area (Å²) < 4.78 is 16.6. The van der Waals surface area contributed by atoms with Crippen molar-refractivity contribution in [2.45, 2.75) is 6.61 Å². The Kier molecular flexibility index (Phi) is 4.57. The molecule has 0 aliphatic heterocycles. The van der Waals surface area contributed by atoms with Crippen LogP contribution in [0.25, 0.3) is 0 Å². The number of aromatic nitrogens is 2. The first-order valence-electron chi connectivity index (χ1n) is 5.54. The summed E-state index contributed by atoms with van der Waals surface area (Å²) in [6.45, 7) is 0.363. The summed E-state index contributed by atoms with van der Waals surface area (Å²) in [5.74, 6) is 1.60. The summed E-state index contributed by atoms with van der Waals surface area (Å²) in [5, 5.41) is 0. The number of pyridine rings is 2. The van der Waals surface area contributed by atoms with E-state index in [0.29, 0.717) is 24.1 Å². The highest BCUT2D eigenvalue weighted by molar-refractivity contribution is 9.10. The van der Waals surface area contributed by atoms with Gasteiger partial charge >= 0.3 is 0 Å². The normalized spacial score (nSPS) is 10.1. The molecule has 2 heterocycles. The fraction of sp³-hybridized carbons (Fsp3) is 0.231. The smallest absolute Gasteiger partial charge is 0.257 e. The van der Waals surface area contributed by atoms with Gasteiger partial charge in [0.2, 0.25) is 5.88 Å². The highest BCUT2D eigenvalue weighted by Crippen LogP contribution is 2.27. The van der Waals surface area contributed by atoms with Crippen LogP contribution in [-0.2, 0) is 6.61 Å². The summed E-state index contributed by atoms with van der Waals surface area (Å²) in [6, 6.07) is 5.47. The van der Waals surface area contributed by atoms with Crippen LogP contribution in [0.15, 0.2) is 35.1 Å². The molecular weight excluding hydrogens is 312 g/mol. The van der Waals surface area contributed by atoms with Crippen LogP contribution in [0, 0.1) is 0 Å². The topological polar surface area (TPSA) is 53.5 Å². The second-order valence-corrected chi connectivity index (χ2v) is 4.57. The van der Waals surface area contributed by atoms with Gasteiger partial charge in [-0.05, 0) is 22.0 Å². The molecule has 0 spiro atoms. The number of methoxy groups -OCH3 is 2. The second-order valence-electron chi connectivity index (χ2n) is 3.66. The predicted molar refractivity (Wildman–Crippen MR) is 73.6 cm³/mol. The molecular formula is C13H13BrN2O3. The van der Waals surface area contributed by atoms with E-state index in [-0.39, 0.29) is 0 Å². The van der Waals surface area contributed by atoms with E-state index < -0.39 is 0 Å². The lowest BCUT2D eigenvalue weighted by Crippen LogP contribution is -2.00. The quantitative estimate of drug-likeness (QED) is 0.846. The zero-order valence-electron chi connectivity index (χ0n) is 10.6. The summed E-state index contributed by atoms with van der Waals surface area (Å²) in [5.41, 5.74) is 0.924. The molecule has 2 rings (SSSR count). The number of hydrogen-bond acceptors (Lipinski definition) is 5. The van der Waals surface area contributed by atoms with Gasteiger partial charge in [0.25, 0.3) is 5.88 Å². The van der Waals surface area contributed by atoms with Gasteiger partial charge in [0.05, 0.1) is 14.2 Å². The van der Waals surface area contributed by atoms with E-state index in [0.717, 1.165) is 10.0 Å². The minimum Gasteiger partial charge on any atom is -0.491 e. The standard InChI is InChI=1S/C13H13BrN2O3/c1-17-11-5-10(14)7-16-13(11)19-8-9-3-4-12(18-2)15-6-9/h3-7H,8H2,1-2H3. The maximum absolute atomic E-state index is 5.60. The van der Waals surface area contributed by atoms with E-state index in [4.69, 9.17) is 14.2 Å². The molecule has 0 aromatic carbocycles. The van der Waals surface area contributed by atoms with Gasteiger partial charge in [0.15, 0.2) is 5.75 Å². The molecule has 2 aromatic rings. The summed E-state index contributed by atoms with van der Waals surface area (Å²) in [6.07, 6.45) is 3.36. The summed E-state index contributed by atoms with van der Waals surface area (Å²) >= 11 is 3.33. The zero-order chi connectivity index (χ0) is 13.7. The average molecular weight is 325 g/mol. The molecule has 19 heavy (non-hydrogen) atoms. The van der Waals surface area contributed by atoms with E-state index in [1.54, 1.807) is 38.7 Å². The van der Waals surface area contributed by atoms with Crippen LogP contribution < -0.4 is 14.2 Å². The lowest BCUT2D eigenvalue weighted by molar-refractivity contribution is 0.271. The van der Waals surface area contributed by atoms with Gasteiger partial charge in [0.1, 0.15) is 6.61 Å². The second kappa shape index (κ2) is 6.38. The third-order valence-electron chi connectivity index (χ3n) is 2.39. The Hall–Kier alpha value is -1.82. The van der Waals surface area contributed by atoms with Crippen LogP contribution in [0.5, 0.6) is 17.5 Å². The molecule has 2 aromatic heterocycles. The van der Waals surface area contributed by atoms with Crippen LogP contribution in [0.3, 0.4) is 0 Å². The van der Waals surface area contributed by atoms with Gasteiger partial charge in [-0.2, -0.15) is 0 Å². The number of hydrogen-bond donors (Lipinski definition) is 0. The molecule has 0 aliphatic carbocycles. The molecule has 0 N–H and O–H groups in total. The fourth-order valence-electron chi connectivity index (χ4n) is 1.43. The minimum absolute atomic E-state index is 0.363. The summed E-state index contributed by atoms with van der Waals surface area (Å²) in [7, 11) is 3.15. The van der Waals surface area contributed by atoms with E-state index in [2.05, 4.69) is 25.9 Å². The zero-order valence-corrected chi connectivity index (χ0v) is 12.2. The molecule has 0 saturated carbocycles. The van der Waals surface area contributed by atoms with Crippen molar-refractivity contribution in [3.8, 4) is 17.5 Å². The molecule has 0 atom stereocenters. The van der Waals surface area contributed by atoms with Gasteiger partial charge in [-0.3, -0.25) is 0 Å². The van der Waals surface area contributed by atoms with E-state index >= 15 is 0 Å². The first-order chi connectivity index (χ1) is 9.22. The fourth-order valence-corrected chi connectivity index (χ4v) is 1.74. The largest absolute Gasteiger partial charge is 0.491 e. The number of rotatable bonds is 5. The lowest BCUT2D eigenvalue weighted by atomic mass is 10.3. The van der Waals surface area contributed by atoms with Crippen molar-refractivity contribution in [3.05, 3.63) is 40.6 Å². The first kappa shape index (κ1) is 13.6. The Morgan fingerprint density at radius 2 is 1.95 bits per heavy atom. The van der Waals surface area contributed by atoms with Crippen molar-refractivity contribution in [1.82, 2.24) is 9.97 Å². The summed E-state index contributed by atoms with van der Waals surface area (Å²) in [4.78, 5) is 8.26. The van der Waals surface area contributed by atoms with Crippen molar-refractivity contribution in [2.75, 3.05) is 14.2 Å². The van der Waals surface area contributed by atoms with Crippen molar-refractivity contribution in [1.29, 1.82) is 0 Å². The van der Waals surface area contributed by atoms with Gasteiger partial charge in [-0.1, -0.05) is 0 Å². The number of halogens is 1. The average Bonchev–Trinajstić information content (AvgIpc) is 2.46. The highest BCUT2D eigenvalue weighted by Gasteiger charge is 2.07. The van der Waals surface area contributed by atoms with Gasteiger partial charge < -0.3 is 14.2 Å². The molecule has 0 aliphatic rings. The maximum Gasteiger partial charge on any atom is 0.257 e. The molecule has 0 radical (unpaired) electrons. The molecule has 6 heteroatoms. The Labute approximate surface area is 119 Å². The molecule has 0 unspecified atom stereocenters. The predicted octanol–water partition coefficient (Wildman–Crippen LogP) is 2.84. The first-order valence-corrected chi connectivity index (χ1v) is 6.33. The molecule has 0 bridgehead atoms. The number of ether oxygens (including phenoxy) is 3. The SMILES string of the molecule is COc1ccc(COc2ncc(Br)cc2OC)cn1. The molecule has 0 saturated heterocycles.